The van der Waals surface area contributed by atoms with E-state index in [1.54, 1.807) is 24.3 Å². The van der Waals surface area contributed by atoms with Crippen molar-refractivity contribution in [3.63, 3.8) is 0 Å². The van der Waals surface area contributed by atoms with Gasteiger partial charge >= 0.3 is 0 Å². The van der Waals surface area contributed by atoms with Gasteiger partial charge < -0.3 is 4.74 Å². The molecule has 2 rings (SSSR count). The molecule has 0 fully saturated rings. The average molecular weight is 262 g/mol. The van der Waals surface area contributed by atoms with E-state index >= 15 is 0 Å². The molecule has 0 aliphatic carbocycles. The predicted molar refractivity (Wildman–Crippen MR) is 67.2 cm³/mol. The molecule has 19 heavy (non-hydrogen) atoms. The van der Waals surface area contributed by atoms with Crippen molar-refractivity contribution < 1.29 is 18.3 Å². The predicted octanol–water partition coefficient (Wildman–Crippen LogP) is 3.62. The van der Waals surface area contributed by atoms with E-state index < -0.39 is 11.6 Å². The van der Waals surface area contributed by atoms with Gasteiger partial charge in [-0.1, -0.05) is 30.3 Å². The Labute approximate surface area is 109 Å². The monoisotopic (exact) mass is 262 g/mol. The van der Waals surface area contributed by atoms with Crippen molar-refractivity contribution in [2.45, 2.75) is 6.42 Å². The average Bonchev–Trinajstić information content (AvgIpc) is 2.43. The normalized spacial score (nSPS) is 10.2. The van der Waals surface area contributed by atoms with Crippen molar-refractivity contribution in [2.24, 2.45) is 0 Å². The molecule has 0 aromatic heterocycles. The quantitative estimate of drug-likeness (QED) is 0.769. The van der Waals surface area contributed by atoms with Crippen LogP contribution in [0.5, 0.6) is 5.75 Å². The minimum atomic E-state index is -0.966. The molecule has 0 aliphatic heterocycles. The van der Waals surface area contributed by atoms with Crippen molar-refractivity contribution in [3.05, 3.63) is 65.7 Å². The lowest BCUT2D eigenvalue weighted by molar-refractivity contribution is 0.0962. The summed E-state index contributed by atoms with van der Waals surface area (Å²) in [6.45, 7) is 0.124. The summed E-state index contributed by atoms with van der Waals surface area (Å²) in [5, 5.41) is 0. The fourth-order valence-corrected chi connectivity index (χ4v) is 1.60. The molecule has 0 N–H and O–H groups in total. The molecule has 0 bridgehead atoms. The van der Waals surface area contributed by atoms with Crippen molar-refractivity contribution >= 4 is 5.78 Å². The SMILES string of the molecule is O=C(CCOc1ccc(F)c(F)c1)c1ccccc1. The number of ketones is 1. The van der Waals surface area contributed by atoms with Gasteiger partial charge in [0, 0.05) is 18.1 Å². The van der Waals surface area contributed by atoms with Gasteiger partial charge in [0.05, 0.1) is 6.61 Å². The van der Waals surface area contributed by atoms with E-state index in [9.17, 15) is 13.6 Å². The topological polar surface area (TPSA) is 26.3 Å². The minimum absolute atomic E-state index is 0.0526. The first-order valence-corrected chi connectivity index (χ1v) is 5.83. The van der Waals surface area contributed by atoms with Crippen LogP contribution in [0.15, 0.2) is 48.5 Å². The van der Waals surface area contributed by atoms with Gasteiger partial charge in [-0.15, -0.1) is 0 Å². The van der Waals surface area contributed by atoms with E-state index in [-0.39, 0.29) is 24.6 Å². The molecular weight excluding hydrogens is 250 g/mol. The molecule has 0 heterocycles. The number of Topliss-reactive ketones (excluding diaryl/α,β-unsaturated/α-hetero) is 1. The smallest absolute Gasteiger partial charge is 0.166 e. The van der Waals surface area contributed by atoms with Crippen LogP contribution in [-0.4, -0.2) is 12.4 Å². The highest BCUT2D eigenvalue weighted by Crippen LogP contribution is 2.15. The summed E-state index contributed by atoms with van der Waals surface area (Å²) >= 11 is 0. The van der Waals surface area contributed by atoms with E-state index in [1.807, 2.05) is 6.07 Å². The van der Waals surface area contributed by atoms with Crippen LogP contribution >= 0.6 is 0 Å². The van der Waals surface area contributed by atoms with Crippen LogP contribution in [-0.2, 0) is 0 Å². The summed E-state index contributed by atoms with van der Waals surface area (Å²) < 4.78 is 30.8. The third kappa shape index (κ3) is 3.61. The van der Waals surface area contributed by atoms with Crippen LogP contribution in [0.25, 0.3) is 0 Å². The van der Waals surface area contributed by atoms with Crippen LogP contribution in [0.1, 0.15) is 16.8 Å². The molecule has 0 spiro atoms. The van der Waals surface area contributed by atoms with Gasteiger partial charge in [0.2, 0.25) is 0 Å². The van der Waals surface area contributed by atoms with Crippen LogP contribution in [0.4, 0.5) is 8.78 Å². The second-order valence-corrected chi connectivity index (χ2v) is 3.96. The molecule has 98 valence electrons. The maximum atomic E-state index is 12.9. The molecular formula is C15H12F2O2. The molecule has 0 saturated carbocycles. The second-order valence-electron chi connectivity index (χ2n) is 3.96. The zero-order valence-electron chi connectivity index (χ0n) is 10.1. The largest absolute Gasteiger partial charge is 0.493 e. The van der Waals surface area contributed by atoms with Crippen molar-refractivity contribution in [2.75, 3.05) is 6.61 Å². The Balaban J connectivity index is 1.87. The first kappa shape index (κ1) is 13.2. The summed E-state index contributed by atoms with van der Waals surface area (Å²) in [5.74, 6) is -1.73. The molecule has 0 saturated heterocycles. The number of rotatable bonds is 5. The zero-order valence-corrected chi connectivity index (χ0v) is 10.1. The van der Waals surface area contributed by atoms with E-state index in [4.69, 9.17) is 4.74 Å². The summed E-state index contributed by atoms with van der Waals surface area (Å²) in [6, 6.07) is 12.1. The molecule has 4 heteroatoms. The lowest BCUT2D eigenvalue weighted by Crippen LogP contribution is -2.06. The fraction of sp³-hybridized carbons (Fsp3) is 0.133. The third-order valence-electron chi connectivity index (χ3n) is 2.58. The summed E-state index contributed by atoms with van der Waals surface area (Å²) in [7, 11) is 0. The molecule has 0 atom stereocenters. The van der Waals surface area contributed by atoms with Gasteiger partial charge in [-0.05, 0) is 12.1 Å². The number of benzene rings is 2. The van der Waals surface area contributed by atoms with Crippen molar-refractivity contribution in [3.8, 4) is 5.75 Å². The molecule has 2 aromatic carbocycles. The molecule has 2 nitrogen and oxygen atoms in total. The Morgan fingerprint density at radius 2 is 1.74 bits per heavy atom. The lowest BCUT2D eigenvalue weighted by atomic mass is 10.1. The van der Waals surface area contributed by atoms with E-state index in [1.165, 1.54) is 6.07 Å². The maximum absolute atomic E-state index is 12.9. The van der Waals surface area contributed by atoms with E-state index in [0.29, 0.717) is 5.56 Å². The zero-order chi connectivity index (χ0) is 13.7. The summed E-state index contributed by atoms with van der Waals surface area (Å²) in [6.07, 6.45) is 0.184. The van der Waals surface area contributed by atoms with Crippen molar-refractivity contribution in [1.82, 2.24) is 0 Å². The third-order valence-corrected chi connectivity index (χ3v) is 2.58. The van der Waals surface area contributed by atoms with Gasteiger partial charge in [0.15, 0.2) is 17.4 Å². The number of carbonyl (C=O) groups is 1. The van der Waals surface area contributed by atoms with Gasteiger partial charge in [-0.2, -0.15) is 0 Å². The Morgan fingerprint density at radius 1 is 1.00 bits per heavy atom. The van der Waals surface area contributed by atoms with Crippen LogP contribution < -0.4 is 4.74 Å². The number of hydrogen-bond acceptors (Lipinski definition) is 2. The van der Waals surface area contributed by atoms with E-state index in [0.717, 1.165) is 12.1 Å². The van der Waals surface area contributed by atoms with Gasteiger partial charge in [0.25, 0.3) is 0 Å². The highest BCUT2D eigenvalue weighted by Gasteiger charge is 2.06. The van der Waals surface area contributed by atoms with Gasteiger partial charge in [0.1, 0.15) is 5.75 Å². The highest BCUT2D eigenvalue weighted by molar-refractivity contribution is 5.96. The van der Waals surface area contributed by atoms with Gasteiger partial charge in [-0.25, -0.2) is 8.78 Å². The maximum Gasteiger partial charge on any atom is 0.166 e. The van der Waals surface area contributed by atoms with Crippen LogP contribution in [0, 0.1) is 11.6 Å². The Kier molecular flexibility index (Phi) is 4.23. The Bertz CT molecular complexity index is 568. The van der Waals surface area contributed by atoms with Gasteiger partial charge in [-0.3, -0.25) is 4.79 Å². The summed E-state index contributed by atoms with van der Waals surface area (Å²) in [5.41, 5.74) is 0.608. The lowest BCUT2D eigenvalue weighted by Gasteiger charge is -2.06. The molecule has 0 unspecified atom stereocenters. The minimum Gasteiger partial charge on any atom is -0.493 e. The van der Waals surface area contributed by atoms with Crippen LogP contribution in [0.3, 0.4) is 0 Å². The second kappa shape index (κ2) is 6.09. The first-order valence-electron chi connectivity index (χ1n) is 5.83. The summed E-state index contributed by atoms with van der Waals surface area (Å²) in [4.78, 5) is 11.7. The molecule has 0 amide bonds. The van der Waals surface area contributed by atoms with E-state index in [2.05, 4.69) is 0 Å². The Hall–Kier alpha value is -2.23. The number of hydrogen-bond donors (Lipinski definition) is 0. The molecule has 2 aromatic rings. The number of ether oxygens (including phenoxy) is 1. The van der Waals surface area contributed by atoms with Crippen molar-refractivity contribution in [1.29, 1.82) is 0 Å². The molecule has 0 aliphatic rings. The Morgan fingerprint density at radius 3 is 2.42 bits per heavy atom. The first-order chi connectivity index (χ1) is 9.16. The number of carbonyl (C=O) groups excluding carboxylic acids is 1. The highest BCUT2D eigenvalue weighted by atomic mass is 19.2. The fourth-order valence-electron chi connectivity index (χ4n) is 1.60. The standard InChI is InChI=1S/C15H12F2O2/c16-13-7-6-12(10-14(13)17)19-9-8-15(18)11-4-2-1-3-5-11/h1-7,10H,8-9H2. The van der Waals surface area contributed by atoms with Crippen LogP contribution in [0.2, 0.25) is 0 Å². The number of halogens is 2. The molecule has 0 radical (unpaired) electrons.